The highest BCUT2D eigenvalue weighted by Crippen LogP contribution is 2.50. The van der Waals surface area contributed by atoms with Crippen molar-refractivity contribution in [3.05, 3.63) is 87.5 Å². The molecule has 2 heterocycles. The third-order valence-electron chi connectivity index (χ3n) is 6.83. The molecule has 0 bridgehead atoms. The molecule has 4 N–H and O–H groups in total. The van der Waals surface area contributed by atoms with Crippen molar-refractivity contribution >= 4 is 34.8 Å². The summed E-state index contributed by atoms with van der Waals surface area (Å²) < 4.78 is 36.3. The summed E-state index contributed by atoms with van der Waals surface area (Å²) in [5.41, 5.74) is 6.00. The standard InChI is InChI=1S/C28H30Cl2F2N4O2/c1-27(2,3)14-21-28(33,18-9-8-15(29)12-20(18)31)23(17-6-5-7-19(30)24(17)32)25(36-21)26(37)35-16-10-11-34-22(13-16)38-4/h5-13,21,23,25,36H,14,33H2,1-4H3,(H,34,35,37)/t21-,23-,25+,28+/m0/s1. The summed E-state index contributed by atoms with van der Waals surface area (Å²) in [6.45, 7) is 6.04. The normalized spacial score (nSPS) is 23.3. The molecule has 0 radical (unpaired) electrons. The molecule has 4 rings (SSSR count). The van der Waals surface area contributed by atoms with E-state index in [1.165, 1.54) is 43.6 Å². The molecule has 0 unspecified atom stereocenters. The monoisotopic (exact) mass is 562 g/mol. The SMILES string of the molecule is COc1cc(NC(=O)[C@@H]2N[C@@H](CC(C)(C)C)[C@](N)(c3ccc(Cl)cc3F)[C@H]2c2cccc(Cl)c2F)ccn1. The number of rotatable bonds is 6. The van der Waals surface area contributed by atoms with E-state index in [0.717, 1.165) is 0 Å². The first-order chi connectivity index (χ1) is 17.8. The summed E-state index contributed by atoms with van der Waals surface area (Å²) in [5, 5.41) is 6.24. The van der Waals surface area contributed by atoms with Gasteiger partial charge in [-0.1, -0.05) is 62.2 Å². The first kappa shape index (κ1) is 28.2. The van der Waals surface area contributed by atoms with E-state index in [1.54, 1.807) is 18.2 Å². The lowest BCUT2D eigenvalue weighted by atomic mass is 9.68. The maximum atomic E-state index is 15.6. The molecule has 1 aliphatic heterocycles. The molecule has 0 spiro atoms. The smallest absolute Gasteiger partial charge is 0.242 e. The average molecular weight is 563 g/mol. The van der Waals surface area contributed by atoms with Crippen LogP contribution in [0.25, 0.3) is 0 Å². The van der Waals surface area contributed by atoms with Crippen LogP contribution in [0.15, 0.2) is 54.7 Å². The van der Waals surface area contributed by atoms with Crippen LogP contribution in [-0.4, -0.2) is 30.1 Å². The van der Waals surface area contributed by atoms with Gasteiger partial charge in [-0.25, -0.2) is 13.8 Å². The van der Waals surface area contributed by atoms with Gasteiger partial charge in [-0.15, -0.1) is 0 Å². The molecule has 38 heavy (non-hydrogen) atoms. The van der Waals surface area contributed by atoms with Crippen LogP contribution >= 0.6 is 23.2 Å². The molecule has 1 fully saturated rings. The van der Waals surface area contributed by atoms with Gasteiger partial charge in [-0.3, -0.25) is 4.79 Å². The predicted octanol–water partition coefficient (Wildman–Crippen LogP) is 6.03. The van der Waals surface area contributed by atoms with Crippen molar-refractivity contribution in [2.45, 2.75) is 50.7 Å². The van der Waals surface area contributed by atoms with Crippen LogP contribution in [0.3, 0.4) is 0 Å². The topological polar surface area (TPSA) is 89.3 Å². The van der Waals surface area contributed by atoms with Crippen molar-refractivity contribution in [2.24, 2.45) is 11.1 Å². The van der Waals surface area contributed by atoms with Crippen molar-refractivity contribution in [3.8, 4) is 5.88 Å². The molecule has 6 nitrogen and oxygen atoms in total. The zero-order valence-corrected chi connectivity index (χ0v) is 23.0. The third-order valence-corrected chi connectivity index (χ3v) is 7.36. The lowest BCUT2D eigenvalue weighted by Gasteiger charge is -2.40. The number of pyridine rings is 1. The number of methoxy groups -OCH3 is 1. The Morgan fingerprint density at radius 1 is 1.18 bits per heavy atom. The Kier molecular flexibility index (Phi) is 8.00. The summed E-state index contributed by atoms with van der Waals surface area (Å²) in [6, 6.07) is 10.2. The minimum atomic E-state index is -1.55. The molecule has 2 aromatic carbocycles. The maximum absolute atomic E-state index is 15.6. The number of nitrogens with zero attached hydrogens (tertiary/aromatic N) is 1. The van der Waals surface area contributed by atoms with Gasteiger partial charge in [0.15, 0.2) is 0 Å². The zero-order chi connectivity index (χ0) is 27.8. The highest BCUT2D eigenvalue weighted by Gasteiger charge is 2.58. The van der Waals surface area contributed by atoms with Gasteiger partial charge >= 0.3 is 0 Å². The van der Waals surface area contributed by atoms with Crippen LogP contribution in [0.5, 0.6) is 5.88 Å². The van der Waals surface area contributed by atoms with Crippen molar-refractivity contribution in [2.75, 3.05) is 12.4 Å². The number of hydrogen-bond donors (Lipinski definition) is 3. The number of nitrogens with two attached hydrogens (primary N) is 1. The van der Waals surface area contributed by atoms with Crippen molar-refractivity contribution in [3.63, 3.8) is 0 Å². The molecule has 1 aliphatic rings. The summed E-state index contributed by atoms with van der Waals surface area (Å²) in [6.07, 6.45) is 1.94. The Bertz CT molecular complexity index is 1350. The summed E-state index contributed by atoms with van der Waals surface area (Å²) >= 11 is 12.2. The number of amides is 1. The maximum Gasteiger partial charge on any atom is 0.242 e. The Balaban J connectivity index is 1.90. The molecule has 1 aromatic heterocycles. The van der Waals surface area contributed by atoms with Crippen molar-refractivity contribution < 1.29 is 18.3 Å². The van der Waals surface area contributed by atoms with E-state index in [1.807, 2.05) is 20.8 Å². The Morgan fingerprint density at radius 3 is 2.58 bits per heavy atom. The molecule has 0 aliphatic carbocycles. The zero-order valence-electron chi connectivity index (χ0n) is 21.5. The third kappa shape index (κ3) is 5.50. The number of hydrogen-bond acceptors (Lipinski definition) is 5. The van der Waals surface area contributed by atoms with E-state index in [9.17, 15) is 4.79 Å². The van der Waals surface area contributed by atoms with E-state index in [-0.39, 0.29) is 26.6 Å². The van der Waals surface area contributed by atoms with Gasteiger partial charge in [0.05, 0.1) is 23.7 Å². The molecule has 1 amide bonds. The molecule has 1 saturated heterocycles. The van der Waals surface area contributed by atoms with E-state index in [4.69, 9.17) is 33.7 Å². The average Bonchev–Trinajstić information content (AvgIpc) is 3.12. The highest BCUT2D eigenvalue weighted by atomic mass is 35.5. The largest absolute Gasteiger partial charge is 0.481 e. The van der Waals surface area contributed by atoms with Gasteiger partial charge in [-0.05, 0) is 41.7 Å². The molecule has 0 saturated carbocycles. The van der Waals surface area contributed by atoms with Crippen LogP contribution in [0.4, 0.5) is 14.5 Å². The second kappa shape index (κ2) is 10.8. The Hall–Kier alpha value is -2.78. The fraction of sp³-hybridized carbons (Fsp3) is 0.357. The summed E-state index contributed by atoms with van der Waals surface area (Å²) in [5.74, 6) is -2.57. The van der Waals surface area contributed by atoms with E-state index in [2.05, 4.69) is 15.6 Å². The van der Waals surface area contributed by atoms with Gasteiger partial charge in [0.2, 0.25) is 11.8 Å². The molecular formula is C28H30Cl2F2N4O2. The van der Waals surface area contributed by atoms with Gasteiger partial charge in [0, 0.05) is 40.5 Å². The first-order valence-corrected chi connectivity index (χ1v) is 12.9. The number of aromatic nitrogens is 1. The van der Waals surface area contributed by atoms with Crippen molar-refractivity contribution in [1.29, 1.82) is 0 Å². The number of halogens is 4. The number of benzene rings is 2. The molecular weight excluding hydrogens is 533 g/mol. The van der Waals surface area contributed by atoms with Crippen molar-refractivity contribution in [1.82, 2.24) is 10.3 Å². The second-order valence-corrected chi connectivity index (χ2v) is 11.6. The van der Waals surface area contributed by atoms with E-state index in [0.29, 0.717) is 18.0 Å². The van der Waals surface area contributed by atoms with Crippen LogP contribution in [0, 0.1) is 17.0 Å². The minimum Gasteiger partial charge on any atom is -0.481 e. The van der Waals surface area contributed by atoms with Crippen LogP contribution in [0.1, 0.15) is 44.2 Å². The van der Waals surface area contributed by atoms with Crippen LogP contribution in [0.2, 0.25) is 10.0 Å². The fourth-order valence-corrected chi connectivity index (χ4v) is 5.56. The fourth-order valence-electron chi connectivity index (χ4n) is 5.22. The van der Waals surface area contributed by atoms with Crippen LogP contribution in [-0.2, 0) is 10.3 Å². The van der Waals surface area contributed by atoms with Crippen LogP contribution < -0.4 is 21.1 Å². The van der Waals surface area contributed by atoms with Gasteiger partial charge in [0.1, 0.15) is 11.6 Å². The summed E-state index contributed by atoms with van der Waals surface area (Å²) in [4.78, 5) is 17.9. The number of anilines is 1. The van der Waals surface area contributed by atoms with E-state index >= 15 is 8.78 Å². The molecule has 4 atom stereocenters. The quantitative estimate of drug-likeness (QED) is 0.341. The molecule has 202 valence electrons. The number of nitrogens with one attached hydrogen (secondary N) is 2. The van der Waals surface area contributed by atoms with Gasteiger partial charge in [-0.2, -0.15) is 0 Å². The lowest BCUT2D eigenvalue weighted by molar-refractivity contribution is -0.118. The second-order valence-electron chi connectivity index (χ2n) is 10.7. The first-order valence-electron chi connectivity index (χ1n) is 12.1. The highest BCUT2D eigenvalue weighted by molar-refractivity contribution is 6.31. The number of carbonyl (C=O) groups excluding carboxylic acids is 1. The molecule has 10 heteroatoms. The van der Waals surface area contributed by atoms with Gasteiger partial charge < -0.3 is 21.1 Å². The Morgan fingerprint density at radius 2 is 1.92 bits per heavy atom. The number of ether oxygens (including phenoxy) is 1. The van der Waals surface area contributed by atoms with Gasteiger partial charge in [0.25, 0.3) is 0 Å². The van der Waals surface area contributed by atoms with E-state index < -0.39 is 41.1 Å². The predicted molar refractivity (Wildman–Crippen MR) is 146 cm³/mol. The number of carbonyl (C=O) groups is 1. The lowest BCUT2D eigenvalue weighted by Crippen LogP contribution is -2.52. The summed E-state index contributed by atoms with van der Waals surface area (Å²) in [7, 11) is 1.46. The minimum absolute atomic E-state index is 0.103. The Labute approximate surface area is 230 Å². The molecule has 3 aromatic rings.